The third-order valence-electron chi connectivity index (χ3n) is 1.71. The van der Waals surface area contributed by atoms with E-state index in [1.165, 1.54) is 0 Å². The van der Waals surface area contributed by atoms with Crippen LogP contribution in [-0.2, 0) is 4.79 Å². The molecule has 0 bridgehead atoms. The molecule has 13 heavy (non-hydrogen) atoms. The van der Waals surface area contributed by atoms with E-state index in [0.717, 1.165) is 5.56 Å². The highest BCUT2D eigenvalue weighted by Gasteiger charge is 2.09. The summed E-state index contributed by atoms with van der Waals surface area (Å²) in [4.78, 5) is 15.2. The Hall–Kier alpha value is -1.64. The van der Waals surface area contributed by atoms with E-state index in [0.29, 0.717) is 5.71 Å². The van der Waals surface area contributed by atoms with Gasteiger partial charge in [0.1, 0.15) is 5.71 Å². The zero-order valence-corrected chi connectivity index (χ0v) is 7.74. The lowest BCUT2D eigenvalue weighted by molar-refractivity contribution is -0.114. The van der Waals surface area contributed by atoms with Gasteiger partial charge in [0.2, 0.25) is 0 Å². The number of hydrogen-bond donors (Lipinski definition) is 1. The molecule has 0 fully saturated rings. The predicted octanol–water partition coefficient (Wildman–Crippen LogP) is 0.851. The van der Waals surface area contributed by atoms with Crippen molar-refractivity contribution in [2.45, 2.75) is 0 Å². The van der Waals surface area contributed by atoms with Gasteiger partial charge in [-0.2, -0.15) is 0 Å². The standard InChI is InChI=1S/C10H12N2O/c1-11-9(10(13)12-2)8-6-4-3-5-7-8/h3-7H,1-2H3,(H,12,13). The van der Waals surface area contributed by atoms with Crippen LogP contribution in [0.15, 0.2) is 35.3 Å². The molecule has 0 spiro atoms. The molecule has 0 aliphatic rings. The highest BCUT2D eigenvalue weighted by atomic mass is 16.1. The van der Waals surface area contributed by atoms with Crippen LogP contribution in [0.2, 0.25) is 0 Å². The van der Waals surface area contributed by atoms with Gasteiger partial charge in [-0.15, -0.1) is 0 Å². The normalized spacial score (nSPS) is 11.1. The quantitative estimate of drug-likeness (QED) is 0.667. The molecule has 0 unspecified atom stereocenters. The monoisotopic (exact) mass is 176 g/mol. The molecule has 1 amide bonds. The fraction of sp³-hybridized carbons (Fsp3) is 0.200. The molecular formula is C10H12N2O. The van der Waals surface area contributed by atoms with Gasteiger partial charge >= 0.3 is 0 Å². The number of likely N-dealkylation sites (N-methyl/N-ethyl adjacent to an activating group) is 1. The lowest BCUT2D eigenvalue weighted by atomic mass is 10.1. The zero-order chi connectivity index (χ0) is 9.68. The number of benzene rings is 1. The molecule has 0 atom stereocenters. The summed E-state index contributed by atoms with van der Waals surface area (Å²) in [5, 5.41) is 2.54. The first kappa shape index (κ1) is 9.45. The molecular weight excluding hydrogens is 164 g/mol. The van der Waals surface area contributed by atoms with Gasteiger partial charge in [-0.05, 0) is 0 Å². The lowest BCUT2D eigenvalue weighted by Crippen LogP contribution is -2.28. The minimum absolute atomic E-state index is 0.159. The van der Waals surface area contributed by atoms with Crippen LogP contribution in [0.5, 0.6) is 0 Å². The lowest BCUT2D eigenvalue weighted by Gasteiger charge is -2.02. The van der Waals surface area contributed by atoms with Crippen molar-refractivity contribution in [3.05, 3.63) is 35.9 Å². The van der Waals surface area contributed by atoms with Gasteiger partial charge in [-0.3, -0.25) is 9.79 Å². The number of amides is 1. The maximum atomic E-state index is 11.3. The number of nitrogens with one attached hydrogen (secondary N) is 1. The molecule has 0 heterocycles. The molecule has 1 aromatic carbocycles. The SMILES string of the molecule is CN=C(C(=O)NC)c1ccccc1. The van der Waals surface area contributed by atoms with Crippen molar-refractivity contribution in [1.29, 1.82) is 0 Å². The van der Waals surface area contributed by atoms with Crippen molar-refractivity contribution in [2.24, 2.45) is 4.99 Å². The van der Waals surface area contributed by atoms with Gasteiger partial charge in [-0.25, -0.2) is 0 Å². The molecule has 0 aromatic heterocycles. The first-order chi connectivity index (χ1) is 6.29. The summed E-state index contributed by atoms with van der Waals surface area (Å²) < 4.78 is 0. The zero-order valence-electron chi connectivity index (χ0n) is 7.74. The topological polar surface area (TPSA) is 41.5 Å². The number of carbonyl (C=O) groups is 1. The van der Waals surface area contributed by atoms with Gasteiger partial charge in [0.25, 0.3) is 5.91 Å². The third-order valence-corrected chi connectivity index (χ3v) is 1.71. The Balaban J connectivity index is 3.00. The Morgan fingerprint density at radius 1 is 1.31 bits per heavy atom. The molecule has 1 aromatic rings. The average Bonchev–Trinajstić information content (AvgIpc) is 2.20. The molecule has 0 aliphatic heterocycles. The molecule has 0 saturated carbocycles. The first-order valence-corrected chi connectivity index (χ1v) is 4.04. The first-order valence-electron chi connectivity index (χ1n) is 4.04. The average molecular weight is 176 g/mol. The maximum Gasteiger partial charge on any atom is 0.269 e. The van der Waals surface area contributed by atoms with Crippen molar-refractivity contribution >= 4 is 11.6 Å². The van der Waals surface area contributed by atoms with Gasteiger partial charge < -0.3 is 5.32 Å². The number of hydrogen-bond acceptors (Lipinski definition) is 2. The van der Waals surface area contributed by atoms with E-state index in [1.54, 1.807) is 14.1 Å². The van der Waals surface area contributed by atoms with E-state index in [4.69, 9.17) is 0 Å². The predicted molar refractivity (Wildman–Crippen MR) is 53.0 cm³/mol. The molecule has 0 saturated heterocycles. The van der Waals surface area contributed by atoms with E-state index < -0.39 is 0 Å². The minimum Gasteiger partial charge on any atom is -0.354 e. The van der Waals surface area contributed by atoms with Gasteiger partial charge in [-0.1, -0.05) is 30.3 Å². The van der Waals surface area contributed by atoms with Crippen LogP contribution in [0.1, 0.15) is 5.56 Å². The number of carbonyl (C=O) groups excluding carboxylic acids is 1. The second kappa shape index (κ2) is 4.40. The van der Waals surface area contributed by atoms with Crippen molar-refractivity contribution < 1.29 is 4.79 Å². The van der Waals surface area contributed by atoms with E-state index in [1.807, 2.05) is 30.3 Å². The Morgan fingerprint density at radius 2 is 1.92 bits per heavy atom. The summed E-state index contributed by atoms with van der Waals surface area (Å²) in [5.74, 6) is -0.159. The summed E-state index contributed by atoms with van der Waals surface area (Å²) >= 11 is 0. The summed E-state index contributed by atoms with van der Waals surface area (Å²) in [6.07, 6.45) is 0. The maximum absolute atomic E-state index is 11.3. The van der Waals surface area contributed by atoms with Crippen LogP contribution in [0, 0.1) is 0 Å². The molecule has 0 aliphatic carbocycles. The number of nitrogens with zero attached hydrogens (tertiary/aromatic N) is 1. The molecule has 1 N–H and O–H groups in total. The largest absolute Gasteiger partial charge is 0.354 e. The van der Waals surface area contributed by atoms with Crippen molar-refractivity contribution in [1.82, 2.24) is 5.32 Å². The number of rotatable bonds is 2. The minimum atomic E-state index is -0.159. The second-order valence-electron chi connectivity index (χ2n) is 2.52. The Kier molecular flexibility index (Phi) is 3.20. The van der Waals surface area contributed by atoms with Crippen molar-refractivity contribution in [3.63, 3.8) is 0 Å². The highest BCUT2D eigenvalue weighted by Crippen LogP contribution is 2.00. The van der Waals surface area contributed by atoms with Gasteiger partial charge in [0.05, 0.1) is 0 Å². The van der Waals surface area contributed by atoms with Crippen LogP contribution in [-0.4, -0.2) is 25.7 Å². The number of aliphatic imine (C=N–C) groups is 1. The Bertz CT molecular complexity index is 317. The van der Waals surface area contributed by atoms with Crippen LogP contribution >= 0.6 is 0 Å². The van der Waals surface area contributed by atoms with Gasteiger partial charge in [0.15, 0.2) is 0 Å². The fourth-order valence-corrected chi connectivity index (χ4v) is 1.08. The second-order valence-corrected chi connectivity index (χ2v) is 2.52. The van der Waals surface area contributed by atoms with Crippen molar-refractivity contribution in [2.75, 3.05) is 14.1 Å². The summed E-state index contributed by atoms with van der Waals surface area (Å²) in [7, 11) is 3.20. The molecule has 1 rings (SSSR count). The summed E-state index contributed by atoms with van der Waals surface area (Å²) in [5.41, 5.74) is 1.30. The fourth-order valence-electron chi connectivity index (χ4n) is 1.08. The molecule has 3 nitrogen and oxygen atoms in total. The Labute approximate surface area is 77.5 Å². The van der Waals surface area contributed by atoms with Crippen molar-refractivity contribution in [3.8, 4) is 0 Å². The van der Waals surface area contributed by atoms with Crippen LogP contribution in [0.3, 0.4) is 0 Å². The van der Waals surface area contributed by atoms with Crippen LogP contribution in [0.4, 0.5) is 0 Å². The van der Waals surface area contributed by atoms with Crippen LogP contribution in [0.25, 0.3) is 0 Å². The third kappa shape index (κ3) is 2.15. The smallest absolute Gasteiger partial charge is 0.269 e. The Morgan fingerprint density at radius 3 is 2.38 bits per heavy atom. The summed E-state index contributed by atoms with van der Waals surface area (Å²) in [6.45, 7) is 0. The van der Waals surface area contributed by atoms with E-state index in [-0.39, 0.29) is 5.91 Å². The highest BCUT2D eigenvalue weighted by molar-refractivity contribution is 6.45. The van der Waals surface area contributed by atoms with E-state index >= 15 is 0 Å². The van der Waals surface area contributed by atoms with E-state index in [2.05, 4.69) is 10.3 Å². The van der Waals surface area contributed by atoms with Crippen LogP contribution < -0.4 is 5.32 Å². The van der Waals surface area contributed by atoms with Gasteiger partial charge in [0, 0.05) is 19.7 Å². The molecule has 3 heteroatoms. The van der Waals surface area contributed by atoms with E-state index in [9.17, 15) is 4.79 Å². The summed E-state index contributed by atoms with van der Waals surface area (Å²) in [6, 6.07) is 9.38. The molecule has 0 radical (unpaired) electrons. The molecule has 68 valence electrons.